The Hall–Kier alpha value is -1.38. The molecule has 0 atom stereocenters. The summed E-state index contributed by atoms with van der Waals surface area (Å²) in [6.45, 7) is 1.50. The molecule has 0 radical (unpaired) electrons. The van der Waals surface area contributed by atoms with Crippen LogP contribution in [0, 0.1) is 23.2 Å². The number of pyridine rings is 1. The van der Waals surface area contributed by atoms with Crippen LogP contribution in [0.15, 0.2) is 18.3 Å². The summed E-state index contributed by atoms with van der Waals surface area (Å²) in [4.78, 5) is 19.4. The van der Waals surface area contributed by atoms with Crippen LogP contribution in [-0.4, -0.2) is 15.8 Å². The van der Waals surface area contributed by atoms with Gasteiger partial charge in [0.2, 0.25) is 5.91 Å². The molecule has 0 saturated heterocycles. The van der Waals surface area contributed by atoms with E-state index in [-0.39, 0.29) is 0 Å². The summed E-state index contributed by atoms with van der Waals surface area (Å²) in [5.41, 5.74) is 2.69. The zero-order valence-corrected chi connectivity index (χ0v) is 13.1. The quantitative estimate of drug-likeness (QED) is 0.836. The molecule has 4 fully saturated rings. The first-order valence-electron chi connectivity index (χ1n) is 8.90. The highest BCUT2D eigenvalue weighted by atomic mass is 16.2. The van der Waals surface area contributed by atoms with Crippen LogP contribution in [0.4, 0.5) is 0 Å². The third kappa shape index (κ3) is 2.01. The Labute approximate surface area is 132 Å². The van der Waals surface area contributed by atoms with Crippen molar-refractivity contribution >= 4 is 5.91 Å². The largest absolute Gasteiger partial charge is 0.332 e. The molecule has 4 aliphatic carbocycles. The van der Waals surface area contributed by atoms with Crippen LogP contribution in [0.2, 0.25) is 0 Å². The maximum Gasteiger partial charge on any atom is 0.223 e. The van der Waals surface area contributed by atoms with Gasteiger partial charge >= 0.3 is 0 Å². The summed E-state index contributed by atoms with van der Waals surface area (Å²) in [6, 6.07) is 4.09. The van der Waals surface area contributed by atoms with E-state index in [0.29, 0.717) is 11.3 Å². The van der Waals surface area contributed by atoms with Crippen molar-refractivity contribution < 1.29 is 4.79 Å². The van der Waals surface area contributed by atoms with Crippen LogP contribution < -0.4 is 0 Å². The van der Waals surface area contributed by atoms with Crippen LogP contribution in [0.1, 0.15) is 56.2 Å². The third-order valence-electron chi connectivity index (χ3n) is 6.73. The van der Waals surface area contributed by atoms with E-state index in [1.807, 2.05) is 17.2 Å². The fraction of sp³-hybridized carbons (Fsp3) is 0.684. The number of rotatable bonds is 2. The number of hydrogen-bond acceptors (Lipinski definition) is 2. The lowest BCUT2D eigenvalue weighted by Gasteiger charge is -2.56. The first-order valence-corrected chi connectivity index (χ1v) is 8.90. The molecule has 116 valence electrons. The van der Waals surface area contributed by atoms with Crippen LogP contribution in [0.5, 0.6) is 0 Å². The van der Waals surface area contributed by atoms with Gasteiger partial charge in [-0.05, 0) is 73.3 Å². The van der Waals surface area contributed by atoms with Gasteiger partial charge in [0, 0.05) is 19.2 Å². The Morgan fingerprint density at radius 3 is 2.45 bits per heavy atom. The highest BCUT2D eigenvalue weighted by Gasteiger charge is 2.51. The smallest absolute Gasteiger partial charge is 0.223 e. The summed E-state index contributed by atoms with van der Waals surface area (Å²) in [5, 5.41) is 0. The monoisotopic (exact) mass is 296 g/mol. The summed E-state index contributed by atoms with van der Waals surface area (Å²) in [6.07, 6.45) is 11.0. The number of nitrogens with zero attached hydrogens (tertiary/aromatic N) is 2. The Bertz CT molecular complexity index is 563. The Morgan fingerprint density at radius 2 is 1.82 bits per heavy atom. The normalized spacial score (nSPS) is 38.4. The number of hydrogen-bond donors (Lipinski definition) is 0. The molecule has 5 aliphatic rings. The second kappa shape index (κ2) is 4.56. The lowest BCUT2D eigenvalue weighted by molar-refractivity contribution is -0.140. The van der Waals surface area contributed by atoms with E-state index in [2.05, 4.69) is 11.1 Å². The molecule has 0 unspecified atom stereocenters. The maximum atomic E-state index is 12.9. The van der Waals surface area contributed by atoms with E-state index in [1.165, 1.54) is 44.1 Å². The van der Waals surface area contributed by atoms with E-state index in [1.54, 1.807) is 0 Å². The van der Waals surface area contributed by atoms with E-state index >= 15 is 0 Å². The van der Waals surface area contributed by atoms with E-state index < -0.39 is 0 Å². The van der Waals surface area contributed by atoms with Gasteiger partial charge in [-0.15, -0.1) is 0 Å². The van der Waals surface area contributed by atoms with Crippen LogP contribution in [0.3, 0.4) is 0 Å². The predicted molar refractivity (Wildman–Crippen MR) is 83.7 cm³/mol. The second-order valence-electron chi connectivity index (χ2n) is 8.45. The maximum absolute atomic E-state index is 12.9. The van der Waals surface area contributed by atoms with Crippen molar-refractivity contribution in [1.82, 2.24) is 9.88 Å². The van der Waals surface area contributed by atoms with Gasteiger partial charge in [-0.2, -0.15) is 0 Å². The minimum atomic E-state index is 0.355. The molecule has 22 heavy (non-hydrogen) atoms. The molecule has 4 saturated carbocycles. The van der Waals surface area contributed by atoms with Gasteiger partial charge in [-0.3, -0.25) is 9.78 Å². The number of amides is 1. The van der Waals surface area contributed by atoms with Gasteiger partial charge in [-0.25, -0.2) is 0 Å². The highest BCUT2D eigenvalue weighted by Crippen LogP contribution is 2.61. The molecule has 0 N–H and O–H groups in total. The van der Waals surface area contributed by atoms with Gasteiger partial charge in [0.1, 0.15) is 0 Å². The zero-order chi connectivity index (χ0) is 14.7. The molecule has 2 heterocycles. The number of carbonyl (C=O) groups is 1. The van der Waals surface area contributed by atoms with Crippen molar-refractivity contribution in [3.05, 3.63) is 29.6 Å². The topological polar surface area (TPSA) is 33.2 Å². The third-order valence-corrected chi connectivity index (χ3v) is 6.73. The first-order chi connectivity index (χ1) is 10.7. The average molecular weight is 296 g/mol. The number of aromatic nitrogens is 1. The van der Waals surface area contributed by atoms with E-state index in [9.17, 15) is 4.79 Å². The zero-order valence-electron chi connectivity index (χ0n) is 13.1. The molecule has 1 amide bonds. The summed E-state index contributed by atoms with van der Waals surface area (Å²) in [7, 11) is 0. The van der Waals surface area contributed by atoms with Crippen molar-refractivity contribution in [3.63, 3.8) is 0 Å². The molecule has 0 spiro atoms. The summed E-state index contributed by atoms with van der Waals surface area (Å²) < 4.78 is 0. The van der Waals surface area contributed by atoms with Gasteiger partial charge in [0.15, 0.2) is 0 Å². The first kappa shape index (κ1) is 13.1. The minimum Gasteiger partial charge on any atom is -0.332 e. The summed E-state index contributed by atoms with van der Waals surface area (Å²) in [5.74, 6) is 3.16. The molecule has 4 bridgehead atoms. The minimum absolute atomic E-state index is 0.355. The van der Waals surface area contributed by atoms with E-state index in [0.717, 1.165) is 43.0 Å². The molecule has 1 aromatic rings. The van der Waals surface area contributed by atoms with Crippen molar-refractivity contribution in [2.45, 2.75) is 58.0 Å². The molecule has 3 heteroatoms. The molecule has 6 rings (SSSR count). The van der Waals surface area contributed by atoms with Crippen molar-refractivity contribution in [2.75, 3.05) is 0 Å². The molecule has 0 aromatic carbocycles. The fourth-order valence-electron chi connectivity index (χ4n) is 6.32. The average Bonchev–Trinajstić information content (AvgIpc) is 2.89. The molecule has 3 nitrogen and oxygen atoms in total. The van der Waals surface area contributed by atoms with Gasteiger partial charge in [0.25, 0.3) is 0 Å². The van der Waals surface area contributed by atoms with Crippen LogP contribution >= 0.6 is 0 Å². The van der Waals surface area contributed by atoms with Crippen molar-refractivity contribution in [2.24, 2.45) is 23.2 Å². The Morgan fingerprint density at radius 1 is 1.14 bits per heavy atom. The SMILES string of the molecule is O=C(CC12CC3CC(CC(C3)C1)C2)N1Cc2cccnc2C1. The Balaban J connectivity index is 1.32. The lowest BCUT2D eigenvalue weighted by Crippen LogP contribution is -2.48. The van der Waals surface area contributed by atoms with Crippen LogP contribution in [0.25, 0.3) is 0 Å². The van der Waals surface area contributed by atoms with Crippen molar-refractivity contribution in [3.8, 4) is 0 Å². The molecular weight excluding hydrogens is 272 g/mol. The molecule has 1 aliphatic heterocycles. The molecular formula is C19H24N2O. The lowest BCUT2D eigenvalue weighted by atomic mass is 9.49. The summed E-state index contributed by atoms with van der Waals surface area (Å²) >= 11 is 0. The Kier molecular flexibility index (Phi) is 2.71. The van der Waals surface area contributed by atoms with Gasteiger partial charge in [-0.1, -0.05) is 6.07 Å². The highest BCUT2D eigenvalue weighted by molar-refractivity contribution is 5.77. The van der Waals surface area contributed by atoms with Gasteiger partial charge in [0.05, 0.1) is 12.2 Å². The predicted octanol–water partition coefficient (Wildman–Crippen LogP) is 3.53. The standard InChI is InChI=1S/C19H24N2O/c22-18(21-11-16-2-1-3-20-17(16)12-21)10-19-7-13-4-14(8-19)6-15(5-13)9-19/h1-3,13-15H,4-12H2. The van der Waals surface area contributed by atoms with Gasteiger partial charge < -0.3 is 4.90 Å². The molecule has 1 aromatic heterocycles. The van der Waals surface area contributed by atoms with Crippen LogP contribution in [-0.2, 0) is 17.9 Å². The van der Waals surface area contributed by atoms with E-state index in [4.69, 9.17) is 0 Å². The number of carbonyl (C=O) groups excluding carboxylic acids is 1. The number of fused-ring (bicyclic) bond motifs is 1. The second-order valence-corrected chi connectivity index (χ2v) is 8.45. The van der Waals surface area contributed by atoms with Crippen molar-refractivity contribution in [1.29, 1.82) is 0 Å². The fourth-order valence-corrected chi connectivity index (χ4v) is 6.32.